The normalized spacial score (nSPS) is 16.8. The molecule has 0 saturated carbocycles. The minimum absolute atomic E-state index is 0.0396. The molecule has 146 valence electrons. The lowest BCUT2D eigenvalue weighted by atomic mass is 9.94. The molecular weight excluding hydrogens is 350 g/mol. The second-order valence-corrected chi connectivity index (χ2v) is 6.13. The summed E-state index contributed by atoms with van der Waals surface area (Å²) in [6.07, 6.45) is 0.764. The number of benzene rings is 1. The molecule has 8 nitrogen and oxygen atoms in total. The van der Waals surface area contributed by atoms with Crippen LogP contribution < -0.4 is 10.6 Å². The molecule has 27 heavy (non-hydrogen) atoms. The molecule has 0 spiro atoms. The molecule has 0 fully saturated rings. The first kappa shape index (κ1) is 20.4. The average molecular weight is 375 g/mol. The van der Waals surface area contributed by atoms with E-state index in [1.54, 1.807) is 36.1 Å². The number of nitrogens with zero attached hydrogens (tertiary/aromatic N) is 1. The van der Waals surface area contributed by atoms with Crippen LogP contribution in [0.15, 0.2) is 35.5 Å². The van der Waals surface area contributed by atoms with Crippen LogP contribution in [0.4, 0.5) is 10.5 Å². The minimum Gasteiger partial charge on any atom is -0.466 e. The first-order valence-electron chi connectivity index (χ1n) is 8.68. The zero-order valence-corrected chi connectivity index (χ0v) is 16.0. The van der Waals surface area contributed by atoms with Gasteiger partial charge in [0.25, 0.3) is 0 Å². The number of hydrogen-bond donors (Lipinski definition) is 2. The maximum Gasteiger partial charge on any atom is 0.337 e. The van der Waals surface area contributed by atoms with Gasteiger partial charge in [0, 0.05) is 25.0 Å². The number of anilines is 1. The van der Waals surface area contributed by atoms with Crippen LogP contribution in [0.25, 0.3) is 0 Å². The lowest BCUT2D eigenvalue weighted by Gasteiger charge is -2.35. The lowest BCUT2D eigenvalue weighted by Crippen LogP contribution is -2.48. The van der Waals surface area contributed by atoms with Crippen LogP contribution in [0.5, 0.6) is 0 Å². The van der Waals surface area contributed by atoms with Gasteiger partial charge in [0.05, 0.1) is 18.7 Å². The van der Waals surface area contributed by atoms with Crippen LogP contribution in [0, 0.1) is 0 Å². The molecule has 1 heterocycles. The van der Waals surface area contributed by atoms with E-state index in [4.69, 9.17) is 9.47 Å². The monoisotopic (exact) mass is 375 g/mol. The third-order valence-electron chi connectivity index (χ3n) is 4.25. The van der Waals surface area contributed by atoms with E-state index < -0.39 is 12.0 Å². The van der Waals surface area contributed by atoms with E-state index in [0.29, 0.717) is 29.1 Å². The van der Waals surface area contributed by atoms with Gasteiger partial charge >= 0.3 is 12.0 Å². The van der Waals surface area contributed by atoms with E-state index in [1.165, 1.54) is 14.2 Å². The summed E-state index contributed by atoms with van der Waals surface area (Å²) in [7, 11) is 2.76. The van der Waals surface area contributed by atoms with Crippen molar-refractivity contribution in [3.05, 3.63) is 41.1 Å². The Morgan fingerprint density at radius 2 is 1.89 bits per heavy atom. The zero-order valence-electron chi connectivity index (χ0n) is 16.0. The van der Waals surface area contributed by atoms with Crippen molar-refractivity contribution in [1.82, 2.24) is 10.2 Å². The Balaban J connectivity index is 2.33. The maximum absolute atomic E-state index is 12.5. The number of hydrogen-bond acceptors (Lipinski definition) is 5. The quantitative estimate of drug-likeness (QED) is 0.712. The lowest BCUT2D eigenvalue weighted by molar-refractivity contribution is -0.136. The molecule has 2 N–H and O–H groups in total. The van der Waals surface area contributed by atoms with Gasteiger partial charge in [-0.2, -0.15) is 0 Å². The summed E-state index contributed by atoms with van der Waals surface area (Å²) in [5.74, 6) is -0.756. The molecule has 0 radical (unpaired) electrons. The first-order chi connectivity index (χ1) is 12.9. The topological polar surface area (TPSA) is 97.0 Å². The van der Waals surface area contributed by atoms with Crippen LogP contribution in [0.2, 0.25) is 0 Å². The molecule has 0 saturated heterocycles. The Bertz CT molecular complexity index is 742. The summed E-state index contributed by atoms with van der Waals surface area (Å²) in [5.41, 5.74) is 2.27. The number of rotatable bonds is 7. The molecule has 1 unspecified atom stereocenters. The number of carbonyl (C=O) groups is 3. The van der Waals surface area contributed by atoms with E-state index >= 15 is 0 Å². The second-order valence-electron chi connectivity index (χ2n) is 6.13. The van der Waals surface area contributed by atoms with Crippen molar-refractivity contribution >= 4 is 23.6 Å². The number of allylic oxidation sites excluding steroid dienone is 1. The number of methoxy groups -OCH3 is 2. The molecule has 8 heteroatoms. The molecule has 1 aromatic rings. The zero-order chi connectivity index (χ0) is 20.0. The van der Waals surface area contributed by atoms with Crippen molar-refractivity contribution in [1.29, 1.82) is 0 Å². The molecule has 1 aromatic carbocycles. The largest absolute Gasteiger partial charge is 0.466 e. The fraction of sp³-hybridized carbons (Fsp3) is 0.421. The highest BCUT2D eigenvalue weighted by Gasteiger charge is 2.35. The van der Waals surface area contributed by atoms with Gasteiger partial charge in [-0.1, -0.05) is 19.1 Å². The highest BCUT2D eigenvalue weighted by molar-refractivity contribution is 5.95. The summed E-state index contributed by atoms with van der Waals surface area (Å²) >= 11 is 0. The molecule has 1 atom stereocenters. The Hall–Kier alpha value is -2.87. The number of carbonyl (C=O) groups excluding carboxylic acids is 3. The fourth-order valence-electron chi connectivity index (χ4n) is 2.99. The van der Waals surface area contributed by atoms with Crippen LogP contribution in [-0.4, -0.2) is 50.2 Å². The third-order valence-corrected chi connectivity index (χ3v) is 4.25. The van der Waals surface area contributed by atoms with Crippen molar-refractivity contribution in [2.24, 2.45) is 0 Å². The van der Waals surface area contributed by atoms with Gasteiger partial charge in [-0.15, -0.1) is 0 Å². The number of ether oxygens (including phenoxy) is 2. The van der Waals surface area contributed by atoms with E-state index in [-0.39, 0.29) is 18.5 Å². The van der Waals surface area contributed by atoms with Gasteiger partial charge in [-0.05, 0) is 31.0 Å². The van der Waals surface area contributed by atoms with Crippen LogP contribution in [-0.2, 0) is 19.1 Å². The average Bonchev–Trinajstić information content (AvgIpc) is 2.65. The van der Waals surface area contributed by atoms with Crippen molar-refractivity contribution in [2.75, 3.05) is 32.7 Å². The summed E-state index contributed by atoms with van der Waals surface area (Å²) in [4.78, 5) is 38.0. The van der Waals surface area contributed by atoms with Gasteiger partial charge in [-0.25, -0.2) is 9.59 Å². The Morgan fingerprint density at radius 1 is 1.22 bits per heavy atom. The van der Waals surface area contributed by atoms with Gasteiger partial charge < -0.3 is 20.1 Å². The molecule has 0 aliphatic carbocycles. The van der Waals surface area contributed by atoms with E-state index in [2.05, 4.69) is 10.6 Å². The van der Waals surface area contributed by atoms with E-state index in [0.717, 1.165) is 6.42 Å². The molecule has 1 aliphatic rings. The fourth-order valence-corrected chi connectivity index (χ4v) is 2.99. The Morgan fingerprint density at radius 3 is 2.44 bits per heavy atom. The van der Waals surface area contributed by atoms with Crippen molar-refractivity contribution in [3.8, 4) is 0 Å². The molecular formula is C19H25N3O5. The highest BCUT2D eigenvalue weighted by Crippen LogP contribution is 2.31. The molecule has 0 aromatic heterocycles. The summed E-state index contributed by atoms with van der Waals surface area (Å²) in [6.45, 7) is 4.17. The van der Waals surface area contributed by atoms with Gasteiger partial charge in [0.1, 0.15) is 6.61 Å². The number of nitrogens with one attached hydrogen (secondary N) is 2. The first-order valence-corrected chi connectivity index (χ1v) is 8.68. The van der Waals surface area contributed by atoms with Gasteiger partial charge in [0.2, 0.25) is 5.91 Å². The maximum atomic E-state index is 12.5. The number of amides is 3. The second kappa shape index (κ2) is 9.18. The van der Waals surface area contributed by atoms with Gasteiger partial charge in [0.15, 0.2) is 0 Å². The van der Waals surface area contributed by atoms with E-state index in [1.807, 2.05) is 6.92 Å². The highest BCUT2D eigenvalue weighted by atomic mass is 16.5. The summed E-state index contributed by atoms with van der Waals surface area (Å²) < 4.78 is 9.71. The van der Waals surface area contributed by atoms with Crippen molar-refractivity contribution < 1.29 is 23.9 Å². The Labute approximate surface area is 158 Å². The third kappa shape index (κ3) is 4.65. The number of esters is 1. The molecule has 0 bridgehead atoms. The molecule has 2 rings (SSSR count). The predicted octanol–water partition coefficient (Wildman–Crippen LogP) is 2.19. The standard InChI is InChI=1S/C19H25N3O5/c1-5-10-22-12(2)16(18(24)27-4)17(21-19(22)25)13-6-8-14(9-7-13)20-15(23)11-26-3/h6-9,17H,5,10-11H2,1-4H3,(H,20,23)(H,21,25). The van der Waals surface area contributed by atoms with Crippen molar-refractivity contribution in [3.63, 3.8) is 0 Å². The number of urea groups is 1. The van der Waals surface area contributed by atoms with Crippen molar-refractivity contribution in [2.45, 2.75) is 26.3 Å². The van der Waals surface area contributed by atoms with Crippen LogP contribution in [0.3, 0.4) is 0 Å². The van der Waals surface area contributed by atoms with Gasteiger partial charge in [-0.3, -0.25) is 9.69 Å². The predicted molar refractivity (Wildman–Crippen MR) is 99.9 cm³/mol. The smallest absolute Gasteiger partial charge is 0.337 e. The molecule has 3 amide bonds. The molecule has 1 aliphatic heterocycles. The Kier molecular flexibility index (Phi) is 6.95. The van der Waals surface area contributed by atoms with Crippen LogP contribution >= 0.6 is 0 Å². The summed E-state index contributed by atoms with van der Waals surface area (Å²) in [5, 5.41) is 5.56. The van der Waals surface area contributed by atoms with Crippen LogP contribution in [0.1, 0.15) is 31.9 Å². The summed E-state index contributed by atoms with van der Waals surface area (Å²) in [6, 6.07) is 6.03. The minimum atomic E-state index is -0.623. The SMILES string of the molecule is CCCN1C(=O)NC(c2ccc(NC(=O)COC)cc2)C(C(=O)OC)=C1C. The van der Waals surface area contributed by atoms with E-state index in [9.17, 15) is 14.4 Å².